The largest absolute Gasteiger partial charge is 0.337 e. The van der Waals surface area contributed by atoms with Crippen molar-refractivity contribution in [3.63, 3.8) is 0 Å². The van der Waals surface area contributed by atoms with Crippen LogP contribution in [-0.2, 0) is 10.0 Å². The van der Waals surface area contributed by atoms with Crippen LogP contribution in [0.1, 0.15) is 5.69 Å². The van der Waals surface area contributed by atoms with Gasteiger partial charge in [-0.15, -0.1) is 0 Å². The van der Waals surface area contributed by atoms with Gasteiger partial charge in [0.25, 0.3) is 0 Å². The lowest BCUT2D eigenvalue weighted by Gasteiger charge is -2.14. The van der Waals surface area contributed by atoms with E-state index in [1.165, 1.54) is 0 Å². The second kappa shape index (κ2) is 7.92. The highest BCUT2D eigenvalue weighted by Gasteiger charge is 2.11. The number of nitrogens with one attached hydrogen (secondary N) is 4. The topological polar surface area (TPSA) is 125 Å². The Kier molecular flexibility index (Phi) is 5.31. The molecule has 0 bridgehead atoms. The van der Waals surface area contributed by atoms with Crippen molar-refractivity contribution in [1.82, 2.24) is 20.2 Å². The zero-order chi connectivity index (χ0) is 21.3. The van der Waals surface area contributed by atoms with Crippen molar-refractivity contribution in [2.45, 2.75) is 6.92 Å². The molecule has 0 fully saturated rings. The first-order chi connectivity index (χ1) is 14.3. The van der Waals surface area contributed by atoms with E-state index in [9.17, 15) is 8.42 Å². The molecule has 9 nitrogen and oxygen atoms in total. The molecule has 0 radical (unpaired) electrons. The molecule has 11 heteroatoms. The van der Waals surface area contributed by atoms with E-state index in [1.807, 2.05) is 25.1 Å². The maximum Gasteiger partial charge on any atom is 0.229 e. The van der Waals surface area contributed by atoms with Gasteiger partial charge in [0.05, 0.1) is 27.6 Å². The molecular formula is C19H18BrN7O2S. The van der Waals surface area contributed by atoms with Gasteiger partial charge in [0.15, 0.2) is 0 Å². The molecule has 2 aromatic carbocycles. The van der Waals surface area contributed by atoms with Crippen LogP contribution in [0.2, 0.25) is 0 Å². The van der Waals surface area contributed by atoms with E-state index in [0.717, 1.165) is 28.5 Å². The van der Waals surface area contributed by atoms with Gasteiger partial charge in [-0.25, -0.2) is 13.4 Å². The van der Waals surface area contributed by atoms with Crippen molar-refractivity contribution in [1.29, 1.82) is 0 Å². The van der Waals surface area contributed by atoms with Gasteiger partial charge in [0.1, 0.15) is 5.82 Å². The lowest BCUT2D eigenvalue weighted by molar-refractivity contribution is 0.607. The number of aromatic amines is 1. The number of fused-ring (bicyclic) bond motifs is 1. The van der Waals surface area contributed by atoms with Gasteiger partial charge >= 0.3 is 0 Å². The summed E-state index contributed by atoms with van der Waals surface area (Å²) in [5.41, 5.74) is 3.65. The molecule has 0 unspecified atom stereocenters. The van der Waals surface area contributed by atoms with E-state index in [0.29, 0.717) is 27.6 Å². The summed E-state index contributed by atoms with van der Waals surface area (Å²) in [5, 5.41) is 14.5. The Morgan fingerprint density at radius 1 is 1.07 bits per heavy atom. The minimum atomic E-state index is -3.42. The normalized spacial score (nSPS) is 11.4. The summed E-state index contributed by atoms with van der Waals surface area (Å²) < 4.78 is 26.4. The Morgan fingerprint density at radius 3 is 2.60 bits per heavy atom. The Morgan fingerprint density at radius 2 is 1.83 bits per heavy atom. The highest BCUT2D eigenvalue weighted by molar-refractivity contribution is 9.10. The monoisotopic (exact) mass is 487 g/mol. The Hall–Kier alpha value is -3.18. The minimum Gasteiger partial charge on any atom is -0.337 e. The summed E-state index contributed by atoms with van der Waals surface area (Å²) >= 11 is 3.43. The number of para-hydroxylation sites is 2. The van der Waals surface area contributed by atoms with Crippen molar-refractivity contribution in [3.05, 3.63) is 58.8 Å². The third-order valence-electron chi connectivity index (χ3n) is 4.22. The Labute approximate surface area is 181 Å². The number of H-pyrrole nitrogens is 1. The van der Waals surface area contributed by atoms with Crippen LogP contribution in [0.3, 0.4) is 0 Å². The molecule has 0 amide bonds. The Balaban J connectivity index is 1.61. The summed E-state index contributed by atoms with van der Waals surface area (Å²) in [5.74, 6) is 0.866. The van der Waals surface area contributed by atoms with Crippen LogP contribution in [0.25, 0.3) is 10.9 Å². The number of benzene rings is 2. The number of hydrogen-bond acceptors (Lipinski definition) is 7. The number of aryl methyl sites for hydroxylation is 1. The molecule has 30 heavy (non-hydrogen) atoms. The molecule has 4 N–H and O–H groups in total. The molecule has 4 aromatic rings. The van der Waals surface area contributed by atoms with Crippen LogP contribution < -0.4 is 15.4 Å². The standard InChI is InChI=1S/C19H18BrN7O2S/c1-11-13-9-12(7-8-15(13)26-25-11)22-19-21-10-14(20)18(24-19)23-16-5-3-4-6-17(16)27-30(2,28)29/h3-10,27H,1-2H3,(H,25,26)(H2,21,22,23,24). The fraction of sp³-hybridized carbons (Fsp3) is 0.105. The third kappa shape index (κ3) is 4.52. The van der Waals surface area contributed by atoms with Crippen LogP contribution in [-0.4, -0.2) is 34.8 Å². The minimum absolute atomic E-state index is 0.384. The third-order valence-corrected chi connectivity index (χ3v) is 5.39. The van der Waals surface area contributed by atoms with E-state index >= 15 is 0 Å². The lowest BCUT2D eigenvalue weighted by atomic mass is 10.2. The SMILES string of the molecule is Cc1[nH]nc2ccc(Nc3ncc(Br)c(Nc4ccccc4NS(C)(=O)=O)n3)cc12. The van der Waals surface area contributed by atoms with Gasteiger partial charge in [-0.3, -0.25) is 9.82 Å². The molecule has 0 saturated heterocycles. The number of anilines is 5. The van der Waals surface area contributed by atoms with E-state index in [2.05, 4.69) is 51.5 Å². The maximum absolute atomic E-state index is 11.6. The van der Waals surface area contributed by atoms with Gasteiger partial charge < -0.3 is 10.6 Å². The van der Waals surface area contributed by atoms with Crippen molar-refractivity contribution in [2.75, 3.05) is 21.6 Å². The fourth-order valence-electron chi connectivity index (χ4n) is 2.87. The van der Waals surface area contributed by atoms with Crippen LogP contribution in [0, 0.1) is 6.92 Å². The zero-order valence-electron chi connectivity index (χ0n) is 16.1. The van der Waals surface area contributed by atoms with Gasteiger partial charge in [-0.2, -0.15) is 10.1 Å². The van der Waals surface area contributed by atoms with Crippen molar-refractivity contribution >= 4 is 65.7 Å². The molecule has 2 aromatic heterocycles. The second-order valence-electron chi connectivity index (χ2n) is 6.64. The van der Waals surface area contributed by atoms with Gasteiger partial charge in [-0.1, -0.05) is 12.1 Å². The van der Waals surface area contributed by atoms with Crippen molar-refractivity contribution in [2.24, 2.45) is 0 Å². The van der Waals surface area contributed by atoms with E-state index in [-0.39, 0.29) is 0 Å². The number of hydrogen-bond donors (Lipinski definition) is 4. The predicted molar refractivity (Wildman–Crippen MR) is 122 cm³/mol. The van der Waals surface area contributed by atoms with Gasteiger partial charge in [0, 0.05) is 23.0 Å². The number of rotatable bonds is 6. The average Bonchev–Trinajstić information content (AvgIpc) is 3.05. The van der Waals surface area contributed by atoms with E-state index in [4.69, 9.17) is 0 Å². The molecule has 0 aliphatic carbocycles. The van der Waals surface area contributed by atoms with Crippen LogP contribution in [0.5, 0.6) is 0 Å². The quantitative estimate of drug-likeness (QED) is 0.319. The van der Waals surface area contributed by atoms with Gasteiger partial charge in [0.2, 0.25) is 16.0 Å². The molecule has 4 rings (SSSR count). The number of aromatic nitrogens is 4. The van der Waals surface area contributed by atoms with Crippen LogP contribution in [0.4, 0.5) is 28.8 Å². The van der Waals surface area contributed by atoms with Crippen LogP contribution in [0.15, 0.2) is 53.1 Å². The first kappa shape index (κ1) is 20.1. The molecule has 2 heterocycles. The zero-order valence-corrected chi connectivity index (χ0v) is 18.5. The van der Waals surface area contributed by atoms with Gasteiger partial charge in [-0.05, 0) is 53.2 Å². The summed E-state index contributed by atoms with van der Waals surface area (Å²) in [7, 11) is -3.42. The molecule has 0 aliphatic rings. The molecule has 0 aliphatic heterocycles. The van der Waals surface area contributed by atoms with E-state index in [1.54, 1.807) is 30.5 Å². The molecule has 0 atom stereocenters. The number of halogens is 1. The molecule has 0 saturated carbocycles. The molecular weight excluding hydrogens is 470 g/mol. The predicted octanol–water partition coefficient (Wildman–Crippen LogP) is 4.28. The second-order valence-corrected chi connectivity index (χ2v) is 9.24. The first-order valence-electron chi connectivity index (χ1n) is 8.86. The smallest absolute Gasteiger partial charge is 0.229 e. The van der Waals surface area contributed by atoms with Crippen molar-refractivity contribution in [3.8, 4) is 0 Å². The Bertz CT molecular complexity index is 1340. The van der Waals surface area contributed by atoms with Crippen LogP contribution >= 0.6 is 15.9 Å². The highest BCUT2D eigenvalue weighted by Crippen LogP contribution is 2.30. The van der Waals surface area contributed by atoms with E-state index < -0.39 is 10.0 Å². The lowest BCUT2D eigenvalue weighted by Crippen LogP contribution is -2.11. The van der Waals surface area contributed by atoms with Crippen molar-refractivity contribution < 1.29 is 8.42 Å². The summed E-state index contributed by atoms with van der Waals surface area (Å²) in [6.45, 7) is 1.96. The summed E-state index contributed by atoms with van der Waals surface area (Å²) in [6.07, 6.45) is 2.72. The highest BCUT2D eigenvalue weighted by atomic mass is 79.9. The summed E-state index contributed by atoms with van der Waals surface area (Å²) in [4.78, 5) is 8.81. The average molecular weight is 488 g/mol. The summed E-state index contributed by atoms with van der Waals surface area (Å²) in [6, 6.07) is 12.7. The molecule has 0 spiro atoms. The fourth-order valence-corrected chi connectivity index (χ4v) is 3.74. The number of nitrogens with zero attached hydrogens (tertiary/aromatic N) is 3. The molecule has 154 valence electrons. The first-order valence-corrected chi connectivity index (χ1v) is 11.5. The number of sulfonamides is 1. The maximum atomic E-state index is 11.6.